The summed E-state index contributed by atoms with van der Waals surface area (Å²) >= 11 is 0. The van der Waals surface area contributed by atoms with Crippen LogP contribution in [-0.2, 0) is 0 Å². The molecule has 0 spiro atoms. The predicted molar refractivity (Wildman–Crippen MR) is 37.8 cm³/mol. The van der Waals surface area contributed by atoms with Crippen LogP contribution in [0.15, 0.2) is 0 Å². The molecule has 1 N–H and O–H groups in total. The Kier molecular flexibility index (Phi) is 1.11. The van der Waals surface area contributed by atoms with Crippen molar-refractivity contribution in [3.63, 3.8) is 0 Å². The SMILES string of the molecule is N=C1CC2CCC1CC2. The van der Waals surface area contributed by atoms with E-state index >= 15 is 0 Å². The van der Waals surface area contributed by atoms with Crippen LogP contribution < -0.4 is 0 Å². The van der Waals surface area contributed by atoms with Gasteiger partial charge in [0.25, 0.3) is 0 Å². The van der Waals surface area contributed by atoms with Gasteiger partial charge in [0.15, 0.2) is 0 Å². The van der Waals surface area contributed by atoms with Crippen LogP contribution in [-0.4, -0.2) is 5.71 Å². The molecule has 3 saturated carbocycles. The van der Waals surface area contributed by atoms with E-state index in [4.69, 9.17) is 5.41 Å². The summed E-state index contributed by atoms with van der Waals surface area (Å²) in [5.41, 5.74) is 1.05. The van der Waals surface area contributed by atoms with E-state index in [1.807, 2.05) is 0 Å². The zero-order valence-electron chi connectivity index (χ0n) is 5.69. The van der Waals surface area contributed by atoms with Crippen LogP contribution in [0.4, 0.5) is 0 Å². The van der Waals surface area contributed by atoms with Gasteiger partial charge in [0, 0.05) is 5.71 Å². The van der Waals surface area contributed by atoms with Crippen molar-refractivity contribution in [3.8, 4) is 0 Å². The van der Waals surface area contributed by atoms with Crippen LogP contribution in [0.3, 0.4) is 0 Å². The molecule has 1 nitrogen and oxygen atoms in total. The molecule has 0 aromatic rings. The highest BCUT2D eigenvalue weighted by Crippen LogP contribution is 2.38. The Balaban J connectivity index is 2.15. The monoisotopic (exact) mass is 123 g/mol. The third-order valence-electron chi connectivity index (χ3n) is 2.85. The molecule has 3 fully saturated rings. The maximum atomic E-state index is 7.58. The molecule has 0 atom stereocenters. The van der Waals surface area contributed by atoms with Gasteiger partial charge in [-0.05, 0) is 43.9 Å². The van der Waals surface area contributed by atoms with Crippen molar-refractivity contribution in [2.45, 2.75) is 32.1 Å². The normalized spacial score (nSPS) is 41.6. The minimum atomic E-state index is 0.704. The molecule has 0 aliphatic heterocycles. The molecule has 0 unspecified atom stereocenters. The quantitative estimate of drug-likeness (QED) is 0.510. The van der Waals surface area contributed by atoms with E-state index in [1.54, 1.807) is 0 Å². The number of hydrogen-bond acceptors (Lipinski definition) is 1. The van der Waals surface area contributed by atoms with Crippen LogP contribution in [0.2, 0.25) is 0 Å². The lowest BCUT2D eigenvalue weighted by Crippen LogP contribution is -2.30. The largest absolute Gasteiger partial charge is 0.309 e. The Morgan fingerprint density at radius 3 is 2.00 bits per heavy atom. The van der Waals surface area contributed by atoms with Crippen molar-refractivity contribution < 1.29 is 0 Å². The number of fused-ring (bicyclic) bond motifs is 3. The summed E-state index contributed by atoms with van der Waals surface area (Å²) < 4.78 is 0. The zero-order valence-corrected chi connectivity index (χ0v) is 5.69. The summed E-state index contributed by atoms with van der Waals surface area (Å²) in [5, 5.41) is 7.58. The van der Waals surface area contributed by atoms with E-state index in [0.29, 0.717) is 5.92 Å². The molecule has 3 aliphatic carbocycles. The molecule has 0 heterocycles. The number of hydrogen-bond donors (Lipinski definition) is 1. The lowest BCUT2D eigenvalue weighted by atomic mass is 9.70. The predicted octanol–water partition coefficient (Wildman–Crippen LogP) is 2.22. The summed E-state index contributed by atoms with van der Waals surface area (Å²) in [5.74, 6) is 1.61. The number of rotatable bonds is 0. The minimum absolute atomic E-state index is 0.704. The molecule has 3 aliphatic rings. The van der Waals surface area contributed by atoms with Gasteiger partial charge < -0.3 is 5.41 Å². The molecular weight excluding hydrogens is 110 g/mol. The average Bonchev–Trinajstić information content (AvgIpc) is 1.90. The van der Waals surface area contributed by atoms with Gasteiger partial charge in [0.05, 0.1) is 0 Å². The van der Waals surface area contributed by atoms with Crippen LogP contribution >= 0.6 is 0 Å². The molecule has 1 heteroatoms. The first-order valence-electron chi connectivity index (χ1n) is 3.93. The van der Waals surface area contributed by atoms with Crippen LogP contribution in [0, 0.1) is 17.2 Å². The molecular formula is C8H13N. The molecule has 3 rings (SSSR count). The van der Waals surface area contributed by atoms with E-state index in [1.165, 1.54) is 25.7 Å². The van der Waals surface area contributed by atoms with Crippen molar-refractivity contribution in [1.82, 2.24) is 0 Å². The van der Waals surface area contributed by atoms with Crippen LogP contribution in [0.5, 0.6) is 0 Å². The highest BCUT2D eigenvalue weighted by atomic mass is 14.5. The Morgan fingerprint density at radius 1 is 1.11 bits per heavy atom. The second-order valence-corrected chi connectivity index (χ2v) is 3.45. The van der Waals surface area contributed by atoms with Crippen LogP contribution in [0.1, 0.15) is 32.1 Å². The third kappa shape index (κ3) is 0.790. The van der Waals surface area contributed by atoms with Crippen molar-refractivity contribution in [2.24, 2.45) is 11.8 Å². The van der Waals surface area contributed by atoms with Gasteiger partial charge >= 0.3 is 0 Å². The average molecular weight is 123 g/mol. The van der Waals surface area contributed by atoms with E-state index in [9.17, 15) is 0 Å². The van der Waals surface area contributed by atoms with Gasteiger partial charge in [-0.2, -0.15) is 0 Å². The minimum Gasteiger partial charge on any atom is -0.309 e. The summed E-state index contributed by atoms with van der Waals surface area (Å²) in [6.07, 6.45) is 6.60. The van der Waals surface area contributed by atoms with Crippen molar-refractivity contribution in [3.05, 3.63) is 0 Å². The van der Waals surface area contributed by atoms with E-state index < -0.39 is 0 Å². The number of nitrogens with one attached hydrogen (secondary N) is 1. The maximum Gasteiger partial charge on any atom is 0.0123 e. The molecule has 0 aromatic heterocycles. The zero-order chi connectivity index (χ0) is 6.27. The van der Waals surface area contributed by atoms with Gasteiger partial charge in [0.1, 0.15) is 0 Å². The van der Waals surface area contributed by atoms with Crippen molar-refractivity contribution in [2.75, 3.05) is 0 Å². The molecule has 0 aromatic carbocycles. The fourth-order valence-corrected chi connectivity index (χ4v) is 2.19. The first-order valence-corrected chi connectivity index (χ1v) is 3.93. The Labute approximate surface area is 56.0 Å². The lowest BCUT2D eigenvalue weighted by molar-refractivity contribution is 0.287. The maximum absolute atomic E-state index is 7.58. The first kappa shape index (κ1) is 5.45. The van der Waals surface area contributed by atoms with E-state index in [2.05, 4.69) is 0 Å². The molecule has 50 valence electrons. The molecule has 0 amide bonds. The lowest BCUT2D eigenvalue weighted by Gasteiger charge is -2.36. The second-order valence-electron chi connectivity index (χ2n) is 3.45. The first-order chi connectivity index (χ1) is 4.36. The highest BCUT2D eigenvalue weighted by Gasteiger charge is 2.30. The standard InChI is InChI=1S/C8H13N/c9-8-5-6-1-3-7(8)4-2-6/h6-7,9H,1-5H2. The van der Waals surface area contributed by atoms with Gasteiger partial charge in [-0.1, -0.05) is 0 Å². The van der Waals surface area contributed by atoms with Gasteiger partial charge in [-0.3, -0.25) is 0 Å². The Morgan fingerprint density at radius 2 is 1.78 bits per heavy atom. The van der Waals surface area contributed by atoms with E-state index in [-0.39, 0.29) is 0 Å². The van der Waals surface area contributed by atoms with Crippen LogP contribution in [0.25, 0.3) is 0 Å². The van der Waals surface area contributed by atoms with Crippen molar-refractivity contribution in [1.29, 1.82) is 5.41 Å². The summed E-state index contributed by atoms with van der Waals surface area (Å²) in [6.45, 7) is 0. The smallest absolute Gasteiger partial charge is 0.0123 e. The Hall–Kier alpha value is -0.330. The fraction of sp³-hybridized carbons (Fsp3) is 0.875. The highest BCUT2D eigenvalue weighted by molar-refractivity contribution is 5.85. The molecule has 0 radical (unpaired) electrons. The summed E-state index contributed by atoms with van der Waals surface area (Å²) in [6, 6.07) is 0. The summed E-state index contributed by atoms with van der Waals surface area (Å²) in [7, 11) is 0. The Bertz CT molecular complexity index is 132. The topological polar surface area (TPSA) is 23.9 Å². The van der Waals surface area contributed by atoms with Gasteiger partial charge in [-0.15, -0.1) is 0 Å². The van der Waals surface area contributed by atoms with Gasteiger partial charge in [0.2, 0.25) is 0 Å². The molecule has 0 saturated heterocycles. The molecule has 2 bridgehead atoms. The third-order valence-corrected chi connectivity index (χ3v) is 2.85. The van der Waals surface area contributed by atoms with Gasteiger partial charge in [-0.25, -0.2) is 0 Å². The van der Waals surface area contributed by atoms with E-state index in [0.717, 1.165) is 18.1 Å². The van der Waals surface area contributed by atoms with Crippen molar-refractivity contribution >= 4 is 5.71 Å². The summed E-state index contributed by atoms with van der Waals surface area (Å²) in [4.78, 5) is 0. The fourth-order valence-electron chi connectivity index (χ4n) is 2.19. The second kappa shape index (κ2) is 1.83. The molecule has 9 heavy (non-hydrogen) atoms.